The molecule has 1 saturated carbocycles. The highest BCUT2D eigenvalue weighted by molar-refractivity contribution is 5.95. The summed E-state index contributed by atoms with van der Waals surface area (Å²) in [5, 5.41) is 7.35. The van der Waals surface area contributed by atoms with Gasteiger partial charge in [-0.1, -0.05) is 33.1 Å². The van der Waals surface area contributed by atoms with E-state index < -0.39 is 0 Å². The van der Waals surface area contributed by atoms with Crippen LogP contribution < -0.4 is 5.32 Å². The van der Waals surface area contributed by atoms with E-state index in [0.29, 0.717) is 24.8 Å². The lowest BCUT2D eigenvalue weighted by molar-refractivity contribution is 0.0273. The molecule has 1 fully saturated rings. The van der Waals surface area contributed by atoms with Crippen LogP contribution in [0.2, 0.25) is 0 Å². The highest BCUT2D eigenvalue weighted by Gasteiger charge is 2.21. The van der Waals surface area contributed by atoms with Gasteiger partial charge in [0.15, 0.2) is 0 Å². The Morgan fingerprint density at radius 1 is 1.25 bits per heavy atom. The van der Waals surface area contributed by atoms with Crippen LogP contribution in [-0.2, 0) is 4.74 Å². The molecule has 6 heteroatoms. The van der Waals surface area contributed by atoms with Crippen molar-refractivity contribution < 1.29 is 13.9 Å². The molecule has 0 radical (unpaired) electrons. The van der Waals surface area contributed by atoms with Gasteiger partial charge in [0.2, 0.25) is 0 Å². The van der Waals surface area contributed by atoms with E-state index >= 15 is 0 Å². The third-order valence-corrected chi connectivity index (χ3v) is 5.18. The summed E-state index contributed by atoms with van der Waals surface area (Å²) in [5.41, 5.74) is 2.13. The molecule has 1 N–H and O–H groups in total. The average Bonchev–Trinajstić information content (AvgIpc) is 3.14. The maximum atomic E-state index is 13.2. The Bertz CT molecular complexity index is 765. The SMILES string of the molecule is CC(C)c1c(C(=O)NCCCOC2CCCCC2)cnn1-c1ccc(F)cc1. The van der Waals surface area contributed by atoms with Crippen molar-refractivity contribution in [2.75, 3.05) is 13.2 Å². The van der Waals surface area contributed by atoms with E-state index in [-0.39, 0.29) is 17.6 Å². The average molecular weight is 387 g/mol. The minimum absolute atomic E-state index is 0.0999. The summed E-state index contributed by atoms with van der Waals surface area (Å²) >= 11 is 0. The molecule has 152 valence electrons. The molecule has 1 heterocycles. The molecule has 28 heavy (non-hydrogen) atoms. The van der Waals surface area contributed by atoms with Crippen molar-refractivity contribution in [2.24, 2.45) is 0 Å². The van der Waals surface area contributed by atoms with Crippen LogP contribution in [0.5, 0.6) is 0 Å². The smallest absolute Gasteiger partial charge is 0.254 e. The third kappa shape index (κ3) is 5.19. The fraction of sp³-hybridized carbons (Fsp3) is 0.545. The molecule has 1 aliphatic carbocycles. The molecule has 0 bridgehead atoms. The molecule has 1 aliphatic rings. The standard InChI is InChI=1S/C22H30FN3O2/c1-16(2)21-20(15-25-26(21)18-11-9-17(23)10-12-18)22(27)24-13-6-14-28-19-7-4-3-5-8-19/h9-12,15-16,19H,3-8,13-14H2,1-2H3,(H,24,27). The van der Waals surface area contributed by atoms with E-state index in [2.05, 4.69) is 10.4 Å². The van der Waals surface area contributed by atoms with Crippen LogP contribution in [-0.4, -0.2) is 34.9 Å². The van der Waals surface area contributed by atoms with Crippen LogP contribution in [0.25, 0.3) is 5.69 Å². The predicted molar refractivity (Wildman–Crippen MR) is 107 cm³/mol. The molecule has 0 unspecified atom stereocenters. The number of aromatic nitrogens is 2. The highest BCUT2D eigenvalue weighted by atomic mass is 19.1. The number of hydrogen-bond acceptors (Lipinski definition) is 3. The molecular weight excluding hydrogens is 357 g/mol. The normalized spacial score (nSPS) is 15.1. The first-order valence-corrected chi connectivity index (χ1v) is 10.3. The van der Waals surface area contributed by atoms with E-state index in [1.165, 1.54) is 31.4 Å². The van der Waals surface area contributed by atoms with Gasteiger partial charge in [0, 0.05) is 13.2 Å². The number of carbonyl (C=O) groups excluding carboxylic acids is 1. The minimum atomic E-state index is -0.296. The van der Waals surface area contributed by atoms with Crippen LogP contribution in [0.3, 0.4) is 0 Å². The van der Waals surface area contributed by atoms with Crippen molar-refractivity contribution in [1.82, 2.24) is 15.1 Å². The Balaban J connectivity index is 1.56. The zero-order chi connectivity index (χ0) is 19.9. The molecule has 5 nitrogen and oxygen atoms in total. The van der Waals surface area contributed by atoms with Gasteiger partial charge in [-0.15, -0.1) is 0 Å². The summed E-state index contributed by atoms with van der Waals surface area (Å²) in [6.07, 6.45) is 8.94. The minimum Gasteiger partial charge on any atom is -0.378 e. The monoisotopic (exact) mass is 387 g/mol. The summed E-state index contributed by atoms with van der Waals surface area (Å²) in [4.78, 5) is 12.7. The molecule has 3 rings (SSSR count). The van der Waals surface area contributed by atoms with Crippen molar-refractivity contribution in [3.8, 4) is 5.69 Å². The van der Waals surface area contributed by atoms with Crippen LogP contribution in [0.4, 0.5) is 4.39 Å². The quantitative estimate of drug-likeness (QED) is 0.673. The highest BCUT2D eigenvalue weighted by Crippen LogP contribution is 2.23. The lowest BCUT2D eigenvalue weighted by Gasteiger charge is -2.21. The van der Waals surface area contributed by atoms with Crippen molar-refractivity contribution in [3.05, 3.63) is 47.5 Å². The Morgan fingerprint density at radius 3 is 2.64 bits per heavy atom. The maximum Gasteiger partial charge on any atom is 0.254 e. The predicted octanol–water partition coefficient (Wildman–Crippen LogP) is 4.60. The molecule has 2 aromatic rings. The zero-order valence-corrected chi connectivity index (χ0v) is 16.8. The van der Waals surface area contributed by atoms with Crippen molar-refractivity contribution in [1.29, 1.82) is 0 Å². The van der Waals surface area contributed by atoms with Crippen LogP contribution in [0, 0.1) is 5.82 Å². The fourth-order valence-corrected chi connectivity index (χ4v) is 3.73. The number of nitrogens with zero attached hydrogens (tertiary/aromatic N) is 2. The largest absolute Gasteiger partial charge is 0.378 e. The molecule has 1 aromatic carbocycles. The summed E-state index contributed by atoms with van der Waals surface area (Å²) in [7, 11) is 0. The number of halogens is 1. The lowest BCUT2D eigenvalue weighted by Crippen LogP contribution is -2.27. The molecule has 0 saturated heterocycles. The second-order valence-electron chi connectivity index (χ2n) is 7.73. The first-order chi connectivity index (χ1) is 13.6. The molecule has 1 amide bonds. The second-order valence-corrected chi connectivity index (χ2v) is 7.73. The van der Waals surface area contributed by atoms with Crippen molar-refractivity contribution >= 4 is 5.91 Å². The Morgan fingerprint density at radius 2 is 1.96 bits per heavy atom. The number of ether oxygens (including phenoxy) is 1. The molecule has 1 aromatic heterocycles. The van der Waals surface area contributed by atoms with E-state index in [1.54, 1.807) is 23.0 Å². The first kappa shape index (κ1) is 20.5. The fourth-order valence-electron chi connectivity index (χ4n) is 3.73. The van der Waals surface area contributed by atoms with Crippen molar-refractivity contribution in [2.45, 2.75) is 64.4 Å². The number of rotatable bonds is 8. The second kappa shape index (κ2) is 9.82. The van der Waals surface area contributed by atoms with Crippen molar-refractivity contribution in [3.63, 3.8) is 0 Å². The first-order valence-electron chi connectivity index (χ1n) is 10.3. The van der Waals surface area contributed by atoms with Gasteiger partial charge in [-0.05, 0) is 49.4 Å². The van der Waals surface area contributed by atoms with E-state index in [4.69, 9.17) is 4.74 Å². The van der Waals surface area contributed by atoms with Gasteiger partial charge >= 0.3 is 0 Å². The molecular formula is C22H30FN3O2. The van der Waals surface area contributed by atoms with Gasteiger partial charge in [-0.2, -0.15) is 5.10 Å². The molecule has 0 atom stereocenters. The summed E-state index contributed by atoms with van der Waals surface area (Å²) in [5.74, 6) is -0.326. The van der Waals surface area contributed by atoms with E-state index in [0.717, 1.165) is 30.6 Å². The Labute approximate surface area is 166 Å². The summed E-state index contributed by atoms with van der Waals surface area (Å²) < 4.78 is 20.8. The number of hydrogen-bond donors (Lipinski definition) is 1. The van der Waals surface area contributed by atoms with Gasteiger partial charge in [0.1, 0.15) is 5.82 Å². The number of benzene rings is 1. The Kier molecular flexibility index (Phi) is 7.20. The van der Waals surface area contributed by atoms with Gasteiger partial charge < -0.3 is 10.1 Å². The van der Waals surface area contributed by atoms with Crippen LogP contribution in [0.15, 0.2) is 30.5 Å². The third-order valence-electron chi connectivity index (χ3n) is 5.18. The lowest BCUT2D eigenvalue weighted by atomic mass is 9.98. The maximum absolute atomic E-state index is 13.2. The summed E-state index contributed by atoms with van der Waals surface area (Å²) in [6.45, 7) is 5.29. The zero-order valence-electron chi connectivity index (χ0n) is 16.8. The van der Waals surface area contributed by atoms with Crippen LogP contribution in [0.1, 0.15) is 74.3 Å². The summed E-state index contributed by atoms with van der Waals surface area (Å²) in [6, 6.07) is 6.12. The van der Waals surface area contributed by atoms with Gasteiger partial charge in [0.05, 0.1) is 29.2 Å². The Hall–Kier alpha value is -2.21. The number of amides is 1. The van der Waals surface area contributed by atoms with E-state index in [9.17, 15) is 9.18 Å². The van der Waals surface area contributed by atoms with E-state index in [1.807, 2.05) is 13.8 Å². The van der Waals surface area contributed by atoms with Gasteiger partial charge in [-0.25, -0.2) is 9.07 Å². The molecule has 0 aliphatic heterocycles. The molecule has 0 spiro atoms. The number of carbonyl (C=O) groups is 1. The topological polar surface area (TPSA) is 56.1 Å². The van der Waals surface area contributed by atoms with Gasteiger partial charge in [-0.3, -0.25) is 4.79 Å². The van der Waals surface area contributed by atoms with Gasteiger partial charge in [0.25, 0.3) is 5.91 Å². The van der Waals surface area contributed by atoms with Crippen LogP contribution >= 0.6 is 0 Å². The number of nitrogens with one attached hydrogen (secondary N) is 1.